The molecule has 0 amide bonds. The van der Waals surface area contributed by atoms with Gasteiger partial charge in [-0.15, -0.1) is 0 Å². The van der Waals surface area contributed by atoms with Gasteiger partial charge in [-0.25, -0.2) is 9.13 Å². The Morgan fingerprint density at radius 1 is 0.341 bits per heavy atom. The van der Waals surface area contributed by atoms with Gasteiger partial charge in [0.2, 0.25) is 0 Å². The minimum absolute atomic E-state index is 0.0988. The predicted octanol–water partition coefficient (Wildman–Crippen LogP) is 20.2. The van der Waals surface area contributed by atoms with Crippen molar-refractivity contribution in [3.8, 4) is 0 Å². The van der Waals surface area contributed by atoms with Gasteiger partial charge in [0.05, 0.1) is 26.4 Å². The molecule has 0 aliphatic rings. The molecule has 0 heterocycles. The first-order valence-corrected chi connectivity index (χ1v) is 39.7. The summed E-state index contributed by atoms with van der Waals surface area (Å²) in [6.07, 6.45) is 49.7. The zero-order chi connectivity index (χ0) is 67.3. The number of carbonyl (C=O) groups excluding carboxylic acids is 4. The third-order valence-electron chi connectivity index (χ3n) is 16.0. The topological polar surface area (TPSA) is 237 Å². The summed E-state index contributed by atoms with van der Waals surface area (Å²) in [5.41, 5.74) is 0. The molecule has 0 spiro atoms. The van der Waals surface area contributed by atoms with Crippen LogP contribution in [0.4, 0.5) is 0 Å². The molecular formula is C72H136O17P2. The fraction of sp³-hybridized carbons (Fsp3) is 0.889. The quantitative estimate of drug-likeness (QED) is 0.0169. The van der Waals surface area contributed by atoms with Gasteiger partial charge in [-0.3, -0.25) is 37.3 Å². The van der Waals surface area contributed by atoms with Gasteiger partial charge in [-0.2, -0.15) is 0 Å². The van der Waals surface area contributed by atoms with Gasteiger partial charge in [-0.05, 0) is 69.1 Å². The number of phosphoric acid groups is 2. The molecule has 0 aromatic heterocycles. The summed E-state index contributed by atoms with van der Waals surface area (Å²) in [7, 11) is -9.91. The summed E-state index contributed by atoms with van der Waals surface area (Å²) >= 11 is 0. The normalized spacial score (nSPS) is 14.3. The molecular weight excluding hydrogens is 1200 g/mol. The lowest BCUT2D eigenvalue weighted by Crippen LogP contribution is -2.30. The van der Waals surface area contributed by atoms with Crippen molar-refractivity contribution in [2.75, 3.05) is 39.6 Å². The number of aliphatic hydroxyl groups is 1. The Balaban J connectivity index is 5.26. The van der Waals surface area contributed by atoms with Crippen LogP contribution in [0.15, 0.2) is 24.3 Å². The second-order valence-corrected chi connectivity index (χ2v) is 29.6. The highest BCUT2D eigenvalue weighted by Crippen LogP contribution is 2.45. The molecule has 3 N–H and O–H groups in total. The number of hydrogen-bond acceptors (Lipinski definition) is 15. The van der Waals surface area contributed by atoms with E-state index in [-0.39, 0.29) is 25.7 Å². The molecule has 3 unspecified atom stereocenters. The third-order valence-corrected chi connectivity index (χ3v) is 17.9. The number of unbranched alkanes of at least 4 members (excludes halogenated alkanes) is 33. The molecule has 0 rings (SSSR count). The number of hydrogen-bond donors (Lipinski definition) is 3. The molecule has 91 heavy (non-hydrogen) atoms. The van der Waals surface area contributed by atoms with Crippen LogP contribution in [0.3, 0.4) is 0 Å². The standard InChI is InChI=1S/C72H136O17P2/c1-8-9-10-11-12-13-14-15-16-20-23-26-31-39-46-53-69(74)82-59-67(88-71(76)55-48-41-32-27-24-21-18-17-19-22-25-29-36-43-50-63(2)3)61-86-90(78,79)84-57-66(73)58-85-91(80,81)87-62-68(89-72(77)56-49-42-35-34-38-45-52-65(6)7)60-83-70(75)54-47-40-33-28-30-37-44-51-64(4)5/h13-16,63-68,73H,8-12,17-62H2,1-7H3,(H,78,79)(H,80,81)/b14-13-,16-15-/t66?,67-,68-/m1/s1. The van der Waals surface area contributed by atoms with Gasteiger partial charge in [0.1, 0.15) is 19.3 Å². The first-order chi connectivity index (χ1) is 43.7. The van der Waals surface area contributed by atoms with Gasteiger partial charge in [0.25, 0.3) is 0 Å². The zero-order valence-electron chi connectivity index (χ0n) is 58.8. The van der Waals surface area contributed by atoms with Crippen molar-refractivity contribution in [2.45, 2.75) is 356 Å². The molecule has 0 fully saturated rings. The molecule has 0 aliphatic heterocycles. The first kappa shape index (κ1) is 88.5. The number of ether oxygens (including phenoxy) is 4. The Bertz CT molecular complexity index is 1880. The molecule has 0 aliphatic carbocycles. The SMILES string of the molecule is CCCCCC/C=C\C=C/CCCCCCCC(=O)OC[C@H](COP(=O)(O)OCC(O)COP(=O)(O)OC[C@@H](COC(=O)CCCCCCCCCC(C)C)OC(=O)CCCCCCCCC(C)C)OC(=O)CCCCCCCCCCCCCCCCC(C)C. The van der Waals surface area contributed by atoms with Crippen molar-refractivity contribution in [3.05, 3.63) is 24.3 Å². The summed E-state index contributed by atoms with van der Waals surface area (Å²) < 4.78 is 68.2. The lowest BCUT2D eigenvalue weighted by molar-refractivity contribution is -0.161. The molecule has 536 valence electrons. The second kappa shape index (κ2) is 62.4. The molecule has 0 bridgehead atoms. The Morgan fingerprint density at radius 2 is 0.593 bits per heavy atom. The Kier molecular flexibility index (Phi) is 60.7. The molecule has 0 aromatic rings. The fourth-order valence-corrected chi connectivity index (χ4v) is 11.9. The average molecular weight is 1340 g/mol. The van der Waals surface area contributed by atoms with E-state index in [0.29, 0.717) is 37.5 Å². The Labute approximate surface area is 554 Å². The van der Waals surface area contributed by atoms with Crippen molar-refractivity contribution in [3.63, 3.8) is 0 Å². The summed E-state index contributed by atoms with van der Waals surface area (Å²) in [5.74, 6) is 0.00437. The zero-order valence-corrected chi connectivity index (χ0v) is 60.6. The monoisotopic (exact) mass is 1330 g/mol. The third kappa shape index (κ3) is 66.0. The lowest BCUT2D eigenvalue weighted by Gasteiger charge is -2.21. The minimum Gasteiger partial charge on any atom is -0.462 e. The van der Waals surface area contributed by atoms with E-state index in [0.717, 1.165) is 121 Å². The molecule has 5 atom stereocenters. The highest BCUT2D eigenvalue weighted by Gasteiger charge is 2.30. The molecule has 17 nitrogen and oxygen atoms in total. The Hall–Kier alpha value is -2.46. The van der Waals surface area contributed by atoms with E-state index in [1.807, 2.05) is 0 Å². The van der Waals surface area contributed by atoms with Crippen LogP contribution < -0.4 is 0 Å². The van der Waals surface area contributed by atoms with Crippen molar-refractivity contribution < 1.29 is 80.2 Å². The summed E-state index contributed by atoms with van der Waals surface area (Å²) in [4.78, 5) is 72.5. The lowest BCUT2D eigenvalue weighted by atomic mass is 10.0. The number of rotatable bonds is 68. The van der Waals surface area contributed by atoms with E-state index < -0.39 is 97.5 Å². The van der Waals surface area contributed by atoms with Crippen LogP contribution in [0.1, 0.15) is 337 Å². The van der Waals surface area contributed by atoms with Gasteiger partial charge in [0.15, 0.2) is 12.2 Å². The smallest absolute Gasteiger partial charge is 0.462 e. The highest BCUT2D eigenvalue weighted by atomic mass is 31.2. The number of aliphatic hydroxyl groups excluding tert-OH is 1. The fourth-order valence-electron chi connectivity index (χ4n) is 10.4. The van der Waals surface area contributed by atoms with Crippen molar-refractivity contribution >= 4 is 39.5 Å². The molecule has 19 heteroatoms. The van der Waals surface area contributed by atoms with Crippen LogP contribution in [-0.2, 0) is 65.4 Å². The van der Waals surface area contributed by atoms with Gasteiger partial charge >= 0.3 is 39.5 Å². The summed E-state index contributed by atoms with van der Waals surface area (Å²) in [6.45, 7) is 11.7. The van der Waals surface area contributed by atoms with Crippen LogP contribution in [0, 0.1) is 17.8 Å². The maximum absolute atomic E-state index is 13.0. The second-order valence-electron chi connectivity index (χ2n) is 26.7. The number of carbonyl (C=O) groups is 4. The maximum Gasteiger partial charge on any atom is 0.472 e. The molecule has 0 saturated heterocycles. The number of phosphoric ester groups is 2. The van der Waals surface area contributed by atoms with E-state index in [2.05, 4.69) is 72.8 Å². The van der Waals surface area contributed by atoms with Gasteiger partial charge in [-0.1, -0.05) is 285 Å². The van der Waals surface area contributed by atoms with E-state index >= 15 is 0 Å². The van der Waals surface area contributed by atoms with E-state index in [1.54, 1.807) is 0 Å². The van der Waals surface area contributed by atoms with Crippen LogP contribution >= 0.6 is 15.6 Å². The molecule has 0 saturated carbocycles. The summed E-state index contributed by atoms with van der Waals surface area (Å²) in [5, 5.41) is 10.6. The van der Waals surface area contributed by atoms with Crippen LogP contribution in [0.2, 0.25) is 0 Å². The van der Waals surface area contributed by atoms with Gasteiger partial charge < -0.3 is 33.8 Å². The largest absolute Gasteiger partial charge is 0.472 e. The predicted molar refractivity (Wildman–Crippen MR) is 367 cm³/mol. The minimum atomic E-state index is -4.96. The van der Waals surface area contributed by atoms with Crippen LogP contribution in [0.5, 0.6) is 0 Å². The summed E-state index contributed by atoms with van der Waals surface area (Å²) in [6, 6.07) is 0. The van der Waals surface area contributed by atoms with E-state index in [4.69, 9.17) is 37.0 Å². The first-order valence-electron chi connectivity index (χ1n) is 36.7. The van der Waals surface area contributed by atoms with Crippen molar-refractivity contribution in [1.29, 1.82) is 0 Å². The number of allylic oxidation sites excluding steroid dienone is 4. The average Bonchev–Trinajstić information content (AvgIpc) is 3.59. The van der Waals surface area contributed by atoms with Crippen LogP contribution in [-0.4, -0.2) is 96.7 Å². The van der Waals surface area contributed by atoms with Crippen molar-refractivity contribution in [2.24, 2.45) is 17.8 Å². The molecule has 0 aromatic carbocycles. The maximum atomic E-state index is 13.0. The van der Waals surface area contributed by atoms with Crippen LogP contribution in [0.25, 0.3) is 0 Å². The van der Waals surface area contributed by atoms with Crippen molar-refractivity contribution in [1.82, 2.24) is 0 Å². The molecule has 0 radical (unpaired) electrons. The highest BCUT2D eigenvalue weighted by molar-refractivity contribution is 7.47. The number of esters is 4. The van der Waals surface area contributed by atoms with Gasteiger partial charge in [0, 0.05) is 25.7 Å². The Morgan fingerprint density at radius 3 is 0.890 bits per heavy atom. The van der Waals surface area contributed by atoms with E-state index in [9.17, 15) is 43.2 Å². The van der Waals surface area contributed by atoms with E-state index in [1.165, 1.54) is 122 Å².